The largest absolute Gasteiger partial charge is 0.183 e. The van der Waals surface area contributed by atoms with Crippen molar-refractivity contribution in [1.82, 2.24) is 0 Å². The molecule has 0 aromatic carbocycles. The summed E-state index contributed by atoms with van der Waals surface area (Å²) >= 11 is 0. The molecule has 0 aliphatic rings. The van der Waals surface area contributed by atoms with E-state index in [4.69, 9.17) is 11.7 Å². The fraction of sp³-hybridized carbons (Fsp3) is 0. The van der Waals surface area contributed by atoms with Gasteiger partial charge in [0.15, 0.2) is 6.07 Å². The molecule has 0 aliphatic carbocycles. The highest BCUT2D eigenvalue weighted by Gasteiger charge is 1.68. The first-order valence-electron chi connectivity index (χ1n) is 26.8. The summed E-state index contributed by atoms with van der Waals surface area (Å²) in [7, 11) is 0. The second kappa shape index (κ2) is 83.2. The van der Waals surface area contributed by atoms with E-state index >= 15 is 0 Å². The summed E-state index contributed by atoms with van der Waals surface area (Å²) in [5.74, 6) is 260. The predicted octanol–water partition coefficient (Wildman–Crippen LogP) is 0.320. The number of nitrogens with zero attached hydrogens (tertiary/aromatic N) is 1. The van der Waals surface area contributed by atoms with Gasteiger partial charge in [-0.1, -0.05) is 0 Å². The minimum atomic E-state index is 1.62. The Balaban J connectivity index is 4.64. The molecular weight excluding hydrogens is 1300 g/mol. The van der Waals surface area contributed by atoms with E-state index in [9.17, 15) is 0 Å². The average molecular weight is 1300 g/mol. The number of rotatable bonds is 0. The van der Waals surface area contributed by atoms with Gasteiger partial charge >= 0.3 is 0 Å². The van der Waals surface area contributed by atoms with Crippen LogP contribution in [0.4, 0.5) is 0 Å². The molecule has 0 saturated heterocycles. The predicted molar refractivity (Wildman–Crippen MR) is 419 cm³/mol. The molecule has 0 rings (SSSR count). The van der Waals surface area contributed by atoms with Gasteiger partial charge in [0.05, 0.1) is 0 Å². The molecule has 0 aromatic heterocycles. The van der Waals surface area contributed by atoms with E-state index in [-0.39, 0.29) is 0 Å². The third-order valence-corrected chi connectivity index (χ3v) is 6.57. The fourth-order valence-corrected chi connectivity index (χ4v) is 3.25. The van der Waals surface area contributed by atoms with Crippen molar-refractivity contribution >= 4 is 0 Å². The van der Waals surface area contributed by atoms with Crippen molar-refractivity contribution in [3.8, 4) is 634 Å². The number of hydrogen-bond acceptors (Lipinski definition) is 1. The van der Waals surface area contributed by atoms with Gasteiger partial charge in [0, 0.05) is 574 Å². The van der Waals surface area contributed by atoms with Crippen molar-refractivity contribution in [2.75, 3.05) is 0 Å². The molecule has 0 fully saturated rings. The molecule has 0 unspecified atom stereocenters. The lowest BCUT2D eigenvalue weighted by Gasteiger charge is -1.58. The number of nitriles is 1. The molecule has 0 aromatic rings. The summed E-state index contributed by atoms with van der Waals surface area (Å²) < 4.78 is 0. The average Bonchev–Trinajstić information content (AvgIpc) is 3.89. The standard InChI is InChI=1S/C107HN/c1-2-3-4-5-6-7-8-9-10-11-12-13-14-15-16-17-18-19-20-21-22-23-24-25-26-27-28-29-30-31-32-33-34-35-36-37-38-39-40-41-42-43-44-45-46-47-48-49-50-51-52-53-54-55-56-57-58-59-60-61-62-63-64-65-66-67-68-69-70-71-72-73-74-75-76-77-78-79-80-81-82-83-84-85-86-87-88-89-90-91-92-93-94-95-96-97-98-99-100-101-102-103-104-105-106-107-108/h1H. The van der Waals surface area contributed by atoms with Crippen molar-refractivity contribution in [2.24, 2.45) is 0 Å². The van der Waals surface area contributed by atoms with Crippen LogP contribution in [0.25, 0.3) is 0 Å². The summed E-state index contributed by atoms with van der Waals surface area (Å²) in [4.78, 5) is 0. The van der Waals surface area contributed by atoms with Gasteiger partial charge in [-0.3, -0.25) is 0 Å². The SMILES string of the molecule is C#CC#CC#CC#CC#CC#CC#CC#CC#CC#CC#CC#CC#CC#CC#CC#CC#CC#CC#CC#CC#CC#CC#CC#CC#CC#CC#CC#CC#CC#CC#CC#CC#CC#CC#CC#CC#CC#CC#CC#CC#CC#CC#CC#CC#CC#CC#CC#CC#CC#CC#CC#CC#CC#N. The molecule has 0 spiro atoms. The summed E-state index contributed by atoms with van der Waals surface area (Å²) in [6.07, 6.45) is 4.95. The Hall–Kier alpha value is -23.8. The molecule has 0 saturated carbocycles. The van der Waals surface area contributed by atoms with Crippen LogP contribution in [0.1, 0.15) is 0 Å². The van der Waals surface area contributed by atoms with Crippen molar-refractivity contribution in [2.45, 2.75) is 0 Å². The number of terminal acetylenes is 1. The van der Waals surface area contributed by atoms with Gasteiger partial charge in [0.1, 0.15) is 0 Å². The molecule has 0 atom stereocenters. The summed E-state index contributed by atoms with van der Waals surface area (Å²) in [5, 5.41) is 8.22. The lowest BCUT2D eigenvalue weighted by Crippen LogP contribution is -1.57. The van der Waals surface area contributed by atoms with Crippen LogP contribution in [-0.2, 0) is 0 Å². The van der Waals surface area contributed by atoms with Crippen LogP contribution in [0, 0.1) is 639 Å². The van der Waals surface area contributed by atoms with Crippen molar-refractivity contribution in [3.05, 3.63) is 0 Å². The van der Waals surface area contributed by atoms with E-state index in [1.807, 2.05) is 0 Å². The van der Waals surface area contributed by atoms with Gasteiger partial charge in [-0.15, -0.1) is 6.42 Å². The Morgan fingerprint density at radius 1 is 0.0741 bits per heavy atom. The maximum Gasteiger partial charge on any atom is 0.153 e. The summed E-state index contributed by atoms with van der Waals surface area (Å²) in [5.41, 5.74) is 0. The highest BCUT2D eigenvalue weighted by molar-refractivity contribution is 5.57. The molecular formula is C107HN. The molecule has 108 heavy (non-hydrogen) atoms. The van der Waals surface area contributed by atoms with Crippen LogP contribution in [0.15, 0.2) is 0 Å². The van der Waals surface area contributed by atoms with Gasteiger partial charge in [-0.05, 0) is 47.4 Å². The van der Waals surface area contributed by atoms with E-state index in [2.05, 4.69) is 622 Å². The van der Waals surface area contributed by atoms with Gasteiger partial charge in [-0.2, -0.15) is 5.26 Å². The van der Waals surface area contributed by atoms with Crippen LogP contribution < -0.4 is 0 Å². The first-order valence-corrected chi connectivity index (χ1v) is 26.8. The van der Waals surface area contributed by atoms with Crippen LogP contribution in [0.5, 0.6) is 0 Å². The van der Waals surface area contributed by atoms with E-state index in [1.165, 1.54) is 0 Å². The van der Waals surface area contributed by atoms with Crippen molar-refractivity contribution in [1.29, 1.82) is 5.26 Å². The quantitative estimate of drug-likeness (QED) is 0.322. The molecule has 0 radical (unpaired) electrons. The lowest BCUT2D eigenvalue weighted by molar-refractivity contribution is 1.55. The van der Waals surface area contributed by atoms with E-state index in [1.54, 1.807) is 6.07 Å². The molecule has 1 heteroatoms. The normalized spacial score (nSPS) is 3.94. The Kier molecular flexibility index (Phi) is 64.8. The molecule has 0 heterocycles. The smallest absolute Gasteiger partial charge is 0.153 e. The molecule has 434 valence electrons. The maximum atomic E-state index is 8.22. The third-order valence-electron chi connectivity index (χ3n) is 6.57. The molecule has 0 N–H and O–H groups in total. The fourth-order valence-electron chi connectivity index (χ4n) is 3.25. The van der Waals surface area contributed by atoms with E-state index in [0.717, 1.165) is 0 Å². The van der Waals surface area contributed by atoms with Crippen molar-refractivity contribution < 1.29 is 0 Å². The Morgan fingerprint density at radius 3 is 0.167 bits per heavy atom. The van der Waals surface area contributed by atoms with Gasteiger partial charge in [0.25, 0.3) is 0 Å². The second-order valence-corrected chi connectivity index (χ2v) is 13.3. The lowest BCUT2D eigenvalue weighted by atomic mass is 10.4. The summed E-state index contributed by atoms with van der Waals surface area (Å²) in [6.45, 7) is 0. The van der Waals surface area contributed by atoms with Crippen LogP contribution >= 0.6 is 0 Å². The topological polar surface area (TPSA) is 23.8 Å². The first-order chi connectivity index (χ1) is 53.9. The Bertz CT molecular complexity index is 7260. The number of hydrogen-bond donors (Lipinski definition) is 0. The van der Waals surface area contributed by atoms with Gasteiger partial charge in [0.2, 0.25) is 0 Å². The monoisotopic (exact) mass is 1300 g/mol. The minimum absolute atomic E-state index is 1.62. The second-order valence-electron chi connectivity index (χ2n) is 13.3. The van der Waals surface area contributed by atoms with Crippen molar-refractivity contribution in [3.63, 3.8) is 0 Å². The molecule has 1 nitrogen and oxygen atoms in total. The third kappa shape index (κ3) is 82.2. The Labute approximate surface area is 635 Å². The minimum Gasteiger partial charge on any atom is -0.183 e. The maximum absolute atomic E-state index is 8.22. The van der Waals surface area contributed by atoms with E-state index in [0.29, 0.717) is 0 Å². The van der Waals surface area contributed by atoms with E-state index < -0.39 is 0 Å². The molecule has 0 aliphatic heterocycles. The van der Waals surface area contributed by atoms with Crippen LogP contribution in [0.2, 0.25) is 0 Å². The molecule has 0 bridgehead atoms. The summed E-state index contributed by atoms with van der Waals surface area (Å²) in [6, 6.07) is 1.62. The zero-order valence-electron chi connectivity index (χ0n) is 54.0. The molecule has 0 amide bonds. The Morgan fingerprint density at radius 2 is 0.120 bits per heavy atom. The highest BCUT2D eigenvalue weighted by Crippen LogP contribution is 1.68. The zero-order valence-corrected chi connectivity index (χ0v) is 54.0. The van der Waals surface area contributed by atoms with Crippen LogP contribution in [0.3, 0.4) is 0 Å². The highest BCUT2D eigenvalue weighted by atomic mass is 14.2. The zero-order chi connectivity index (χ0) is 77.0. The van der Waals surface area contributed by atoms with Gasteiger partial charge in [-0.25, -0.2) is 0 Å². The van der Waals surface area contributed by atoms with Crippen LogP contribution in [-0.4, -0.2) is 0 Å². The van der Waals surface area contributed by atoms with Gasteiger partial charge < -0.3 is 0 Å². The first kappa shape index (κ1) is 84.2.